The van der Waals surface area contributed by atoms with Crippen LogP contribution in [0.25, 0.3) is 10.2 Å². The predicted molar refractivity (Wildman–Crippen MR) is 67.6 cm³/mol. The number of benzene rings is 1. The Morgan fingerprint density at radius 2 is 2.12 bits per heavy atom. The van der Waals surface area contributed by atoms with Crippen LogP contribution in [0.15, 0.2) is 29.8 Å². The summed E-state index contributed by atoms with van der Waals surface area (Å²) >= 11 is 1.62. The molecule has 0 saturated carbocycles. The Bertz CT molecular complexity index is 618. The molecule has 1 aromatic carbocycles. The third-order valence-corrected chi connectivity index (χ3v) is 4.98. The van der Waals surface area contributed by atoms with Crippen molar-refractivity contribution in [2.24, 2.45) is 0 Å². The van der Waals surface area contributed by atoms with Crippen molar-refractivity contribution in [2.75, 3.05) is 0 Å². The van der Waals surface area contributed by atoms with E-state index in [1.807, 2.05) is 34.3 Å². The van der Waals surface area contributed by atoms with Crippen molar-refractivity contribution in [3.63, 3.8) is 0 Å². The molecule has 1 unspecified atom stereocenters. The van der Waals surface area contributed by atoms with E-state index in [0.29, 0.717) is 13.0 Å². The Kier molecular flexibility index (Phi) is 3.46. The zero-order chi connectivity index (χ0) is 12.5. The van der Waals surface area contributed by atoms with E-state index in [0.717, 1.165) is 5.52 Å². The first-order valence-corrected chi connectivity index (χ1v) is 7.69. The second-order valence-electron chi connectivity index (χ2n) is 4.00. The highest BCUT2D eigenvalue weighted by Crippen LogP contribution is 2.15. The van der Waals surface area contributed by atoms with E-state index in [1.54, 1.807) is 11.3 Å². The van der Waals surface area contributed by atoms with Gasteiger partial charge in [0.1, 0.15) is 4.70 Å². The third kappa shape index (κ3) is 2.83. The van der Waals surface area contributed by atoms with Crippen LogP contribution in [0.4, 0.5) is 0 Å². The zero-order valence-corrected chi connectivity index (χ0v) is 11.0. The molecule has 17 heavy (non-hydrogen) atoms. The van der Waals surface area contributed by atoms with Crippen LogP contribution in [-0.4, -0.2) is 18.2 Å². The van der Waals surface area contributed by atoms with Crippen molar-refractivity contribution in [2.45, 2.75) is 25.1 Å². The monoisotopic (exact) mass is 272 g/mol. The number of aryl methyl sites for hydroxylation is 1. The Morgan fingerprint density at radius 1 is 1.41 bits per heavy atom. The van der Waals surface area contributed by atoms with Crippen LogP contribution in [0, 0.1) is 0 Å². The lowest BCUT2D eigenvalue weighted by molar-refractivity contribution is -0.667. The van der Waals surface area contributed by atoms with Gasteiger partial charge in [-0.3, -0.25) is 4.55 Å². The summed E-state index contributed by atoms with van der Waals surface area (Å²) in [6.07, 6.45) is 0.407. The van der Waals surface area contributed by atoms with Gasteiger partial charge in [-0.25, -0.2) is 0 Å². The molecule has 1 heterocycles. The quantitative estimate of drug-likeness (QED) is 0.682. The highest BCUT2D eigenvalue weighted by Gasteiger charge is 2.20. The van der Waals surface area contributed by atoms with Crippen LogP contribution >= 0.6 is 11.3 Å². The van der Waals surface area contributed by atoms with Gasteiger partial charge in [-0.1, -0.05) is 23.5 Å². The molecule has 0 amide bonds. The summed E-state index contributed by atoms with van der Waals surface area (Å²) in [6, 6.07) is 7.97. The molecule has 2 aromatic rings. The molecule has 1 atom stereocenters. The molecule has 0 aliphatic heterocycles. The fourth-order valence-electron chi connectivity index (χ4n) is 1.61. The topological polar surface area (TPSA) is 58.2 Å². The maximum atomic E-state index is 10.9. The summed E-state index contributed by atoms with van der Waals surface area (Å²) in [5.41, 5.74) is 3.07. The van der Waals surface area contributed by atoms with Crippen molar-refractivity contribution < 1.29 is 17.5 Å². The molecule has 1 N–H and O–H groups in total. The van der Waals surface area contributed by atoms with E-state index in [4.69, 9.17) is 4.55 Å². The normalized spacial score (nSPS) is 14.0. The number of hydrogen-bond acceptors (Lipinski definition) is 3. The molecule has 6 heteroatoms. The lowest BCUT2D eigenvalue weighted by Crippen LogP contribution is -2.34. The SMILES string of the molecule is CC(CC[n+]1csc2ccccc21)S(=O)(=O)O. The van der Waals surface area contributed by atoms with Crippen LogP contribution in [0.5, 0.6) is 0 Å². The number of nitrogens with zero attached hydrogens (tertiary/aromatic N) is 1. The van der Waals surface area contributed by atoms with Gasteiger partial charge in [0, 0.05) is 12.5 Å². The summed E-state index contributed by atoms with van der Waals surface area (Å²) in [6.45, 7) is 2.11. The first kappa shape index (κ1) is 12.5. The first-order valence-electron chi connectivity index (χ1n) is 5.30. The fourth-order valence-corrected chi connectivity index (χ4v) is 2.94. The first-order chi connectivity index (χ1) is 7.98. The largest absolute Gasteiger partial charge is 0.285 e. The molecule has 0 aliphatic carbocycles. The van der Waals surface area contributed by atoms with Crippen molar-refractivity contribution >= 4 is 31.7 Å². The molecular formula is C11H14NO3S2+. The zero-order valence-electron chi connectivity index (χ0n) is 9.41. The molecule has 4 nitrogen and oxygen atoms in total. The lowest BCUT2D eigenvalue weighted by Gasteiger charge is -2.04. The second-order valence-corrected chi connectivity index (χ2v) is 6.72. The number of para-hydroxylation sites is 1. The maximum Gasteiger partial charge on any atom is 0.267 e. The minimum absolute atomic E-state index is 0.407. The van der Waals surface area contributed by atoms with E-state index in [-0.39, 0.29) is 0 Å². The van der Waals surface area contributed by atoms with Crippen LogP contribution < -0.4 is 4.57 Å². The predicted octanol–water partition coefficient (Wildman–Crippen LogP) is 1.86. The van der Waals surface area contributed by atoms with Gasteiger partial charge < -0.3 is 0 Å². The van der Waals surface area contributed by atoms with Gasteiger partial charge in [-0.15, -0.1) is 0 Å². The van der Waals surface area contributed by atoms with Crippen molar-refractivity contribution in [3.8, 4) is 0 Å². The fraction of sp³-hybridized carbons (Fsp3) is 0.364. The number of thiazole rings is 1. The van der Waals surface area contributed by atoms with E-state index in [1.165, 1.54) is 11.6 Å². The summed E-state index contributed by atoms with van der Waals surface area (Å²) in [7, 11) is -3.92. The third-order valence-electron chi connectivity index (χ3n) is 2.77. The Balaban J connectivity index is 2.15. The summed E-state index contributed by atoms with van der Waals surface area (Å²) in [4.78, 5) is 0. The molecule has 1 aromatic heterocycles. The van der Waals surface area contributed by atoms with E-state index >= 15 is 0 Å². The van der Waals surface area contributed by atoms with Gasteiger partial charge in [0.15, 0.2) is 6.54 Å². The summed E-state index contributed by atoms with van der Waals surface area (Å²) in [5, 5.41) is -0.728. The molecule has 0 radical (unpaired) electrons. The van der Waals surface area contributed by atoms with Gasteiger partial charge in [0.25, 0.3) is 10.1 Å². The van der Waals surface area contributed by atoms with Gasteiger partial charge in [0.2, 0.25) is 11.0 Å². The number of fused-ring (bicyclic) bond motifs is 1. The van der Waals surface area contributed by atoms with Gasteiger partial charge >= 0.3 is 0 Å². The van der Waals surface area contributed by atoms with Crippen LogP contribution in [0.1, 0.15) is 13.3 Å². The molecular weight excluding hydrogens is 258 g/mol. The van der Waals surface area contributed by atoms with Crippen LogP contribution in [0.3, 0.4) is 0 Å². The van der Waals surface area contributed by atoms with Gasteiger partial charge in [-0.2, -0.15) is 13.0 Å². The van der Waals surface area contributed by atoms with E-state index in [2.05, 4.69) is 0 Å². The molecule has 0 fully saturated rings. The number of aromatic nitrogens is 1. The van der Waals surface area contributed by atoms with Crippen molar-refractivity contribution in [1.82, 2.24) is 0 Å². The lowest BCUT2D eigenvalue weighted by atomic mass is 10.3. The maximum absolute atomic E-state index is 10.9. The van der Waals surface area contributed by atoms with Crippen LogP contribution in [0.2, 0.25) is 0 Å². The highest BCUT2D eigenvalue weighted by atomic mass is 32.2. The number of hydrogen-bond donors (Lipinski definition) is 1. The van der Waals surface area contributed by atoms with E-state index in [9.17, 15) is 8.42 Å². The average molecular weight is 272 g/mol. The molecule has 2 rings (SSSR count). The Hall–Kier alpha value is -0.980. The molecule has 0 saturated heterocycles. The minimum atomic E-state index is -3.92. The van der Waals surface area contributed by atoms with Crippen molar-refractivity contribution in [3.05, 3.63) is 29.8 Å². The van der Waals surface area contributed by atoms with Crippen molar-refractivity contribution in [1.29, 1.82) is 0 Å². The smallest absolute Gasteiger partial charge is 0.267 e. The average Bonchev–Trinajstić information content (AvgIpc) is 2.68. The minimum Gasteiger partial charge on any atom is -0.285 e. The second kappa shape index (κ2) is 4.72. The molecule has 0 bridgehead atoms. The Labute approximate surface area is 104 Å². The number of rotatable bonds is 4. The molecule has 0 spiro atoms. The van der Waals surface area contributed by atoms with Crippen LogP contribution in [-0.2, 0) is 16.7 Å². The Morgan fingerprint density at radius 3 is 2.82 bits per heavy atom. The highest BCUT2D eigenvalue weighted by molar-refractivity contribution is 7.86. The summed E-state index contributed by atoms with van der Waals surface area (Å²) < 4.78 is 33.9. The molecule has 0 aliphatic rings. The summed E-state index contributed by atoms with van der Waals surface area (Å²) in [5.74, 6) is 0. The standard InChI is InChI=1S/C11H13NO3S2/c1-9(17(13,14)15)6-7-12-8-16-11-5-3-2-4-10(11)12/h2-5,8-9H,6-7H2,1H3/p+1. The van der Waals surface area contributed by atoms with E-state index < -0.39 is 15.4 Å². The van der Waals surface area contributed by atoms with Gasteiger partial charge in [0.05, 0.1) is 5.25 Å². The van der Waals surface area contributed by atoms with Gasteiger partial charge in [-0.05, 0) is 13.0 Å². The molecule has 92 valence electrons.